The van der Waals surface area contributed by atoms with Gasteiger partial charge in [0.25, 0.3) is 0 Å². The van der Waals surface area contributed by atoms with E-state index in [1.807, 2.05) is 0 Å². The van der Waals surface area contributed by atoms with Crippen molar-refractivity contribution in [1.29, 1.82) is 0 Å². The minimum Gasteiger partial charge on any atom is -0.465 e. The molecule has 0 radical (unpaired) electrons. The maximum absolute atomic E-state index is 12.8. The third-order valence-corrected chi connectivity index (χ3v) is 2.87. The Balaban J connectivity index is 2.06. The van der Waals surface area contributed by atoms with E-state index in [0.717, 1.165) is 5.56 Å². The first-order valence-electron chi connectivity index (χ1n) is 6.06. The molecule has 2 aromatic carbocycles. The Kier molecular flexibility index (Phi) is 4.20. The lowest BCUT2D eigenvalue weighted by Gasteiger charge is -2.10. The molecule has 0 aliphatic carbocycles. The molecule has 2 rings (SSSR count). The number of hydrogen-bond donors (Lipinski definition) is 2. The lowest BCUT2D eigenvalue weighted by atomic mass is 10.1. The van der Waals surface area contributed by atoms with E-state index in [4.69, 9.17) is 5.73 Å². The summed E-state index contributed by atoms with van der Waals surface area (Å²) in [5.74, 6) is -0.697. The molecule has 0 unspecified atom stereocenters. The number of rotatable bonds is 4. The van der Waals surface area contributed by atoms with Gasteiger partial charge < -0.3 is 15.8 Å². The Labute approximate surface area is 116 Å². The number of hydrogen-bond acceptors (Lipinski definition) is 4. The average molecular weight is 274 g/mol. The maximum Gasteiger partial charge on any atom is 0.337 e. The SMILES string of the molecule is COC(=O)c1ccc(NCc2ccc(F)cc2)c(N)c1. The highest BCUT2D eigenvalue weighted by molar-refractivity contribution is 5.91. The normalized spacial score (nSPS) is 10.1. The van der Waals surface area contributed by atoms with Gasteiger partial charge in [-0.05, 0) is 35.9 Å². The summed E-state index contributed by atoms with van der Waals surface area (Å²) in [5, 5.41) is 3.13. The molecule has 0 aromatic heterocycles. The van der Waals surface area contributed by atoms with Crippen LogP contribution in [-0.2, 0) is 11.3 Å². The first-order chi connectivity index (χ1) is 9.60. The van der Waals surface area contributed by atoms with E-state index in [0.29, 0.717) is 23.5 Å². The van der Waals surface area contributed by atoms with Crippen molar-refractivity contribution in [1.82, 2.24) is 0 Å². The van der Waals surface area contributed by atoms with Gasteiger partial charge in [0.1, 0.15) is 5.82 Å². The molecule has 3 N–H and O–H groups in total. The van der Waals surface area contributed by atoms with Crippen LogP contribution in [0.1, 0.15) is 15.9 Å². The second-order valence-corrected chi connectivity index (χ2v) is 4.27. The van der Waals surface area contributed by atoms with Crippen molar-refractivity contribution in [3.63, 3.8) is 0 Å². The molecular formula is C15H15FN2O2. The molecule has 0 saturated heterocycles. The summed E-state index contributed by atoms with van der Waals surface area (Å²) in [4.78, 5) is 11.4. The van der Waals surface area contributed by atoms with Crippen LogP contribution >= 0.6 is 0 Å². The predicted molar refractivity (Wildman–Crippen MR) is 75.9 cm³/mol. The predicted octanol–water partition coefficient (Wildman–Crippen LogP) is 2.81. The lowest BCUT2D eigenvalue weighted by Crippen LogP contribution is -2.06. The zero-order valence-electron chi connectivity index (χ0n) is 11.0. The molecule has 0 bridgehead atoms. The van der Waals surface area contributed by atoms with Crippen molar-refractivity contribution >= 4 is 17.3 Å². The second kappa shape index (κ2) is 6.06. The fourth-order valence-electron chi connectivity index (χ4n) is 1.77. The number of methoxy groups -OCH3 is 1. The van der Waals surface area contributed by atoms with E-state index in [-0.39, 0.29) is 5.82 Å². The minimum absolute atomic E-state index is 0.268. The van der Waals surface area contributed by atoms with Crippen LogP contribution in [0.5, 0.6) is 0 Å². The second-order valence-electron chi connectivity index (χ2n) is 4.27. The largest absolute Gasteiger partial charge is 0.465 e. The quantitative estimate of drug-likeness (QED) is 0.664. The summed E-state index contributed by atoms with van der Waals surface area (Å²) >= 11 is 0. The van der Waals surface area contributed by atoms with Crippen LogP contribution in [0.3, 0.4) is 0 Å². The highest BCUT2D eigenvalue weighted by Crippen LogP contribution is 2.21. The number of benzene rings is 2. The molecule has 4 nitrogen and oxygen atoms in total. The Morgan fingerprint density at radius 2 is 1.95 bits per heavy atom. The van der Waals surface area contributed by atoms with E-state index >= 15 is 0 Å². The van der Waals surface area contributed by atoms with Crippen molar-refractivity contribution in [3.05, 3.63) is 59.4 Å². The molecule has 0 atom stereocenters. The summed E-state index contributed by atoms with van der Waals surface area (Å²) < 4.78 is 17.4. The number of halogens is 1. The van der Waals surface area contributed by atoms with Gasteiger partial charge in [-0.1, -0.05) is 12.1 Å². The van der Waals surface area contributed by atoms with Crippen molar-refractivity contribution in [3.8, 4) is 0 Å². The minimum atomic E-state index is -0.429. The number of carbonyl (C=O) groups excluding carboxylic acids is 1. The first kappa shape index (κ1) is 13.9. The van der Waals surface area contributed by atoms with Gasteiger partial charge in [0, 0.05) is 6.54 Å². The van der Waals surface area contributed by atoms with Crippen LogP contribution in [0.4, 0.5) is 15.8 Å². The molecule has 0 aliphatic rings. The van der Waals surface area contributed by atoms with E-state index in [2.05, 4.69) is 10.1 Å². The Morgan fingerprint density at radius 3 is 2.55 bits per heavy atom. The maximum atomic E-state index is 12.8. The number of nitrogens with one attached hydrogen (secondary N) is 1. The fourth-order valence-corrected chi connectivity index (χ4v) is 1.77. The van der Waals surface area contributed by atoms with Gasteiger partial charge in [0.15, 0.2) is 0 Å². The topological polar surface area (TPSA) is 64.3 Å². The fraction of sp³-hybridized carbons (Fsp3) is 0.133. The number of nitrogen functional groups attached to an aromatic ring is 1. The van der Waals surface area contributed by atoms with Crippen molar-refractivity contribution in [2.24, 2.45) is 0 Å². The molecule has 2 aromatic rings. The van der Waals surface area contributed by atoms with Crippen LogP contribution in [0.15, 0.2) is 42.5 Å². The number of esters is 1. The van der Waals surface area contributed by atoms with Gasteiger partial charge >= 0.3 is 5.97 Å². The van der Waals surface area contributed by atoms with Gasteiger partial charge in [-0.15, -0.1) is 0 Å². The van der Waals surface area contributed by atoms with Gasteiger partial charge in [-0.25, -0.2) is 9.18 Å². The summed E-state index contributed by atoms with van der Waals surface area (Å²) in [6, 6.07) is 11.1. The van der Waals surface area contributed by atoms with Gasteiger partial charge in [0.2, 0.25) is 0 Å². The summed E-state index contributed by atoms with van der Waals surface area (Å²) in [7, 11) is 1.32. The van der Waals surface area contributed by atoms with Crippen molar-refractivity contribution in [2.75, 3.05) is 18.2 Å². The van der Waals surface area contributed by atoms with E-state index in [1.165, 1.54) is 19.2 Å². The van der Waals surface area contributed by atoms with Gasteiger partial charge in [-0.3, -0.25) is 0 Å². The summed E-state index contributed by atoms with van der Waals surface area (Å²) in [6.45, 7) is 0.516. The lowest BCUT2D eigenvalue weighted by molar-refractivity contribution is 0.0601. The zero-order chi connectivity index (χ0) is 14.5. The van der Waals surface area contributed by atoms with E-state index < -0.39 is 5.97 Å². The smallest absolute Gasteiger partial charge is 0.337 e. The van der Waals surface area contributed by atoms with Crippen LogP contribution in [0.25, 0.3) is 0 Å². The van der Waals surface area contributed by atoms with Crippen LogP contribution < -0.4 is 11.1 Å². The summed E-state index contributed by atoms with van der Waals surface area (Å²) in [6.07, 6.45) is 0. The zero-order valence-corrected chi connectivity index (χ0v) is 11.0. The van der Waals surface area contributed by atoms with E-state index in [9.17, 15) is 9.18 Å². The molecule has 104 valence electrons. The standard InChI is InChI=1S/C15H15FN2O2/c1-20-15(19)11-4-7-14(13(17)8-11)18-9-10-2-5-12(16)6-3-10/h2-8,18H,9,17H2,1H3. The Hall–Kier alpha value is -2.56. The first-order valence-corrected chi connectivity index (χ1v) is 6.06. The Bertz CT molecular complexity index is 612. The van der Waals surface area contributed by atoms with Crippen LogP contribution in [0, 0.1) is 5.82 Å². The molecule has 0 aliphatic heterocycles. The molecule has 0 fully saturated rings. The number of carbonyl (C=O) groups is 1. The highest BCUT2D eigenvalue weighted by Gasteiger charge is 2.07. The number of nitrogens with two attached hydrogens (primary N) is 1. The molecule has 0 heterocycles. The van der Waals surface area contributed by atoms with Crippen molar-refractivity contribution in [2.45, 2.75) is 6.54 Å². The molecule has 5 heteroatoms. The molecular weight excluding hydrogens is 259 g/mol. The highest BCUT2D eigenvalue weighted by atomic mass is 19.1. The molecule has 0 amide bonds. The number of anilines is 2. The summed E-state index contributed by atoms with van der Waals surface area (Å²) in [5.41, 5.74) is 8.37. The third-order valence-electron chi connectivity index (χ3n) is 2.87. The third kappa shape index (κ3) is 3.26. The monoisotopic (exact) mass is 274 g/mol. The van der Waals surface area contributed by atoms with Gasteiger partial charge in [0.05, 0.1) is 24.0 Å². The van der Waals surface area contributed by atoms with Crippen LogP contribution in [-0.4, -0.2) is 13.1 Å². The van der Waals surface area contributed by atoms with Crippen molar-refractivity contribution < 1.29 is 13.9 Å². The van der Waals surface area contributed by atoms with Crippen LogP contribution in [0.2, 0.25) is 0 Å². The van der Waals surface area contributed by atoms with E-state index in [1.54, 1.807) is 30.3 Å². The van der Waals surface area contributed by atoms with Gasteiger partial charge in [-0.2, -0.15) is 0 Å². The molecule has 20 heavy (non-hydrogen) atoms. The average Bonchev–Trinajstić information content (AvgIpc) is 2.46. The number of ether oxygens (including phenoxy) is 1. The molecule has 0 spiro atoms. The molecule has 0 saturated carbocycles. The Morgan fingerprint density at radius 1 is 1.25 bits per heavy atom.